The topological polar surface area (TPSA) is 93.7 Å². The van der Waals surface area contributed by atoms with Crippen molar-refractivity contribution in [2.45, 2.75) is 104 Å². The number of aryl methyl sites for hydroxylation is 2. The molecule has 0 unspecified atom stereocenters. The molecule has 4 aromatic carbocycles. The Balaban J connectivity index is 1.45. The molecule has 0 aliphatic heterocycles. The average molecular weight is 1040 g/mol. The Kier molecular flexibility index (Phi) is 16.1. The van der Waals surface area contributed by atoms with E-state index in [0.717, 1.165) is 43.5 Å². The number of fused-ring (bicyclic) bond motifs is 3. The zero-order chi connectivity index (χ0) is 53.2. The van der Waals surface area contributed by atoms with Crippen LogP contribution in [0.15, 0.2) is 97.1 Å². The van der Waals surface area contributed by atoms with Crippen molar-refractivity contribution in [3.8, 4) is 11.1 Å². The molecule has 388 valence electrons. The van der Waals surface area contributed by atoms with Crippen LogP contribution in [0.4, 0.5) is 83.8 Å². The molecule has 2 atom stereocenters. The molecular formula is C46H38F18N2O5. The molecule has 25 heteroatoms. The minimum absolute atomic E-state index is 0.0697. The van der Waals surface area contributed by atoms with E-state index in [9.17, 15) is 93.4 Å². The highest BCUT2D eigenvalue weighted by molar-refractivity contribution is 5.90. The highest BCUT2D eigenvalue weighted by Crippen LogP contribution is 2.56. The van der Waals surface area contributed by atoms with Crippen molar-refractivity contribution < 1.29 is 103 Å². The van der Waals surface area contributed by atoms with E-state index in [-0.39, 0.29) is 35.1 Å². The molecule has 0 fully saturated rings. The molecule has 0 heterocycles. The van der Waals surface area contributed by atoms with E-state index in [1.807, 2.05) is 0 Å². The summed E-state index contributed by atoms with van der Waals surface area (Å²) in [6.07, 6.45) is -23.1. The van der Waals surface area contributed by atoms with E-state index in [4.69, 9.17) is 9.47 Å². The van der Waals surface area contributed by atoms with Crippen LogP contribution in [0.3, 0.4) is 0 Å². The summed E-state index contributed by atoms with van der Waals surface area (Å²) in [7, 11) is 1.05. The van der Waals surface area contributed by atoms with Crippen LogP contribution in [0.2, 0.25) is 0 Å². The number of nitrogens with one attached hydrogen (secondary N) is 2. The van der Waals surface area contributed by atoms with Crippen LogP contribution in [0, 0.1) is 0 Å². The number of methoxy groups -OCH3 is 1. The van der Waals surface area contributed by atoms with E-state index in [2.05, 4.69) is 10.6 Å². The second kappa shape index (κ2) is 20.5. The Morgan fingerprint density at radius 2 is 0.901 bits per heavy atom. The van der Waals surface area contributed by atoms with Gasteiger partial charge in [0, 0.05) is 31.6 Å². The third kappa shape index (κ3) is 11.6. The minimum Gasteiger partial charge on any atom is -0.467 e. The van der Waals surface area contributed by atoms with Crippen molar-refractivity contribution in [3.63, 3.8) is 0 Å². The van der Waals surface area contributed by atoms with E-state index in [0.29, 0.717) is 11.1 Å². The molecule has 2 amide bonds. The first-order valence-electron chi connectivity index (χ1n) is 20.7. The fraction of sp³-hybridized carbons (Fsp3) is 0.413. The monoisotopic (exact) mass is 1040 g/mol. The smallest absolute Gasteiger partial charge is 0.460 e. The molecule has 0 aromatic heterocycles. The molecule has 7 nitrogen and oxygen atoms in total. The van der Waals surface area contributed by atoms with Crippen LogP contribution >= 0.6 is 0 Å². The Morgan fingerprint density at radius 3 is 1.28 bits per heavy atom. The lowest BCUT2D eigenvalue weighted by Gasteiger charge is -2.33. The summed E-state index contributed by atoms with van der Waals surface area (Å²) in [5.74, 6) is -43.5. The van der Waals surface area contributed by atoms with Gasteiger partial charge in [0.2, 0.25) is 5.91 Å². The fourth-order valence-electron chi connectivity index (χ4n) is 7.54. The summed E-state index contributed by atoms with van der Waals surface area (Å²) in [5.41, 5.74) is 0.156. The molecule has 71 heavy (non-hydrogen) atoms. The van der Waals surface area contributed by atoms with Gasteiger partial charge in [0.15, 0.2) is 0 Å². The Hall–Kier alpha value is -6.17. The number of alkyl halides is 18. The second-order valence-electron chi connectivity index (χ2n) is 16.4. The predicted octanol–water partition coefficient (Wildman–Crippen LogP) is 11.8. The number of carbonyl (C=O) groups excluding carboxylic acids is 3. The van der Waals surface area contributed by atoms with Gasteiger partial charge in [0.25, 0.3) is 0 Å². The maximum atomic E-state index is 14.6. The minimum atomic E-state index is -7.19. The van der Waals surface area contributed by atoms with Gasteiger partial charge in [-0.1, -0.05) is 97.1 Å². The zero-order valence-corrected chi connectivity index (χ0v) is 36.3. The van der Waals surface area contributed by atoms with Gasteiger partial charge >= 0.3 is 60.0 Å². The quantitative estimate of drug-likeness (QED) is 0.0679. The lowest BCUT2D eigenvalue weighted by atomic mass is 9.92. The maximum absolute atomic E-state index is 14.6. The number of amides is 2. The number of rotatable bonds is 20. The van der Waals surface area contributed by atoms with Crippen LogP contribution in [0.25, 0.3) is 11.1 Å². The molecule has 0 radical (unpaired) electrons. The first-order valence-corrected chi connectivity index (χ1v) is 20.7. The molecule has 4 aromatic rings. The number of halogens is 18. The summed E-state index contributed by atoms with van der Waals surface area (Å²) in [6, 6.07) is 19.4. The van der Waals surface area contributed by atoms with Gasteiger partial charge in [-0.25, -0.2) is 9.59 Å². The highest BCUT2D eigenvalue weighted by atomic mass is 19.4. The molecule has 0 saturated carbocycles. The van der Waals surface area contributed by atoms with E-state index in [1.165, 1.54) is 0 Å². The third-order valence-corrected chi connectivity index (χ3v) is 11.5. The Labute approximate surface area is 390 Å². The SMILES string of the molecule is COC(=O)[C@H](Cc1ccccc1)NC(=O)[C@H](Cc1ccccc1)NC(=O)OCC1c2cc(CCC(F)(F)C(F)(F)C(F)(F)C(F)(F)F)ccc2-c2ccc(CCC(F)(F)C(F)(F)C(F)(F)C(F)(F)F)cc21. The first kappa shape index (κ1) is 55.8. The fourth-order valence-corrected chi connectivity index (χ4v) is 7.54. The highest BCUT2D eigenvalue weighted by Gasteiger charge is 2.82. The van der Waals surface area contributed by atoms with Crippen LogP contribution in [0.1, 0.15) is 52.1 Å². The summed E-state index contributed by atoms with van der Waals surface area (Å²) in [4.78, 5) is 40.1. The van der Waals surface area contributed by atoms with Crippen molar-refractivity contribution >= 4 is 18.0 Å². The van der Waals surface area contributed by atoms with Gasteiger partial charge in [-0.15, -0.1) is 0 Å². The molecule has 0 saturated heterocycles. The normalized spacial score (nSPS) is 14.8. The van der Waals surface area contributed by atoms with Crippen molar-refractivity contribution in [1.82, 2.24) is 10.6 Å². The summed E-state index contributed by atoms with van der Waals surface area (Å²) in [5, 5.41) is 4.81. The molecule has 1 aliphatic carbocycles. The van der Waals surface area contributed by atoms with Gasteiger partial charge < -0.3 is 20.1 Å². The number of hydrogen-bond donors (Lipinski definition) is 2. The van der Waals surface area contributed by atoms with Gasteiger partial charge in [0.1, 0.15) is 18.7 Å². The standard InChI is InChI=1S/C46H38F18N2O5/c1-70-37(68)35(23-26-10-6-3-7-11-26)65-36(67)34(22-25-8-4-2-5-9-25)66-38(69)71-24-33-31-20-27(16-18-39(47,48)41(51,52)43(55,56)45(59,60)61)12-14-29(31)30-15-13-28(21-32(30)33)17-19-40(49,50)42(53,54)44(57,58)46(62,63)64/h2-15,20-21,33-35H,16-19,22-24H2,1H3,(H,65,67)(H,66,69)/t34-,35-/m0/s1. The number of ether oxygens (including phenoxy) is 2. The molecule has 2 N–H and O–H groups in total. The lowest BCUT2D eigenvalue weighted by molar-refractivity contribution is -0.396. The van der Waals surface area contributed by atoms with Crippen molar-refractivity contribution in [2.75, 3.05) is 13.7 Å². The van der Waals surface area contributed by atoms with Gasteiger partial charge in [-0.3, -0.25) is 4.79 Å². The average Bonchev–Trinajstić information content (AvgIpc) is 3.60. The summed E-state index contributed by atoms with van der Waals surface area (Å²) < 4.78 is 256. The Morgan fingerprint density at radius 1 is 0.507 bits per heavy atom. The van der Waals surface area contributed by atoms with Crippen LogP contribution in [0.5, 0.6) is 0 Å². The van der Waals surface area contributed by atoms with Crippen LogP contribution < -0.4 is 10.6 Å². The maximum Gasteiger partial charge on any atom is 0.460 e. The molecule has 5 rings (SSSR count). The van der Waals surface area contributed by atoms with E-state index < -0.39 is 127 Å². The molecule has 1 aliphatic rings. The third-order valence-electron chi connectivity index (χ3n) is 11.5. The number of esters is 1. The van der Waals surface area contributed by atoms with Gasteiger partial charge in [-0.05, 0) is 57.3 Å². The molecular weight excluding hydrogens is 1000 g/mol. The largest absolute Gasteiger partial charge is 0.467 e. The predicted molar refractivity (Wildman–Crippen MR) is 215 cm³/mol. The first-order chi connectivity index (χ1) is 32.7. The van der Waals surface area contributed by atoms with Gasteiger partial charge in [0.05, 0.1) is 7.11 Å². The zero-order valence-electron chi connectivity index (χ0n) is 36.3. The summed E-state index contributed by atoms with van der Waals surface area (Å²) in [6.45, 7) is -0.894. The number of alkyl carbamates (subject to hydrolysis) is 1. The number of benzene rings is 4. The second-order valence-corrected chi connectivity index (χ2v) is 16.4. The van der Waals surface area contributed by atoms with E-state index >= 15 is 0 Å². The van der Waals surface area contributed by atoms with Crippen molar-refractivity contribution in [2.24, 2.45) is 0 Å². The summed E-state index contributed by atoms with van der Waals surface area (Å²) >= 11 is 0. The van der Waals surface area contributed by atoms with Crippen molar-refractivity contribution in [1.29, 1.82) is 0 Å². The number of hydrogen-bond acceptors (Lipinski definition) is 5. The number of carbonyl (C=O) groups is 3. The molecule has 0 spiro atoms. The lowest BCUT2D eigenvalue weighted by Crippen LogP contribution is -2.60. The van der Waals surface area contributed by atoms with Gasteiger partial charge in [-0.2, -0.15) is 79.0 Å². The molecule has 0 bridgehead atoms. The van der Waals surface area contributed by atoms with Crippen molar-refractivity contribution in [3.05, 3.63) is 130 Å². The van der Waals surface area contributed by atoms with Crippen LogP contribution in [-0.4, -0.2) is 91.7 Å². The van der Waals surface area contributed by atoms with E-state index in [1.54, 1.807) is 60.7 Å². The van der Waals surface area contributed by atoms with Crippen LogP contribution in [-0.2, 0) is 44.7 Å². The Bertz CT molecular complexity index is 2410.